The molecular weight excluding hydrogens is 290 g/mol. The summed E-state index contributed by atoms with van der Waals surface area (Å²) >= 11 is 0. The molecule has 23 heavy (non-hydrogen) atoms. The van der Waals surface area contributed by atoms with Crippen LogP contribution in [0.15, 0.2) is 36.5 Å². The molecule has 0 aliphatic carbocycles. The van der Waals surface area contributed by atoms with Crippen molar-refractivity contribution in [3.63, 3.8) is 0 Å². The number of nitrogens with zero attached hydrogens (tertiary/aromatic N) is 2. The number of aryl methyl sites for hydroxylation is 1. The maximum Gasteiger partial charge on any atom is 0.119 e. The van der Waals surface area contributed by atoms with Gasteiger partial charge in [0.2, 0.25) is 0 Å². The van der Waals surface area contributed by atoms with Crippen molar-refractivity contribution in [2.24, 2.45) is 0 Å². The van der Waals surface area contributed by atoms with E-state index in [0.717, 1.165) is 37.2 Å². The summed E-state index contributed by atoms with van der Waals surface area (Å²) in [5.41, 5.74) is 2.39. The highest BCUT2D eigenvalue weighted by Gasteiger charge is 2.23. The van der Waals surface area contributed by atoms with Crippen molar-refractivity contribution in [1.82, 2.24) is 15.1 Å². The highest BCUT2D eigenvalue weighted by Crippen LogP contribution is 2.26. The van der Waals surface area contributed by atoms with E-state index in [1.54, 1.807) is 0 Å². The fraction of sp³-hybridized carbons (Fsp3) is 0.500. The van der Waals surface area contributed by atoms with Crippen molar-refractivity contribution >= 4 is 0 Å². The van der Waals surface area contributed by atoms with Gasteiger partial charge >= 0.3 is 0 Å². The summed E-state index contributed by atoms with van der Waals surface area (Å²) in [4.78, 5) is 2.32. The average Bonchev–Trinajstić information content (AvgIpc) is 3.08. The number of hydrogen-bond donors (Lipinski definition) is 2. The molecule has 1 fully saturated rings. The first-order chi connectivity index (χ1) is 11.2. The number of nitrogens with one attached hydrogen (secondary N) is 1. The number of H-pyrrole nitrogens is 1. The van der Waals surface area contributed by atoms with E-state index in [1.165, 1.54) is 5.69 Å². The second kappa shape index (κ2) is 7.62. The van der Waals surface area contributed by atoms with Crippen molar-refractivity contribution in [1.29, 1.82) is 0 Å². The Labute approximate surface area is 137 Å². The van der Waals surface area contributed by atoms with Crippen LogP contribution in [0.4, 0.5) is 0 Å². The van der Waals surface area contributed by atoms with Crippen LogP contribution in [0.5, 0.6) is 5.75 Å². The third kappa shape index (κ3) is 4.56. The monoisotopic (exact) mass is 315 g/mol. The molecule has 1 aromatic carbocycles. The lowest BCUT2D eigenvalue weighted by Gasteiger charge is -2.32. The summed E-state index contributed by atoms with van der Waals surface area (Å²) < 4.78 is 5.68. The van der Waals surface area contributed by atoms with E-state index in [9.17, 15) is 5.11 Å². The molecule has 0 saturated carbocycles. The molecule has 0 unspecified atom stereocenters. The molecule has 1 saturated heterocycles. The number of aromatic amines is 1. The van der Waals surface area contributed by atoms with Gasteiger partial charge in [-0.15, -0.1) is 0 Å². The molecule has 1 aromatic heterocycles. The van der Waals surface area contributed by atoms with Gasteiger partial charge < -0.3 is 14.7 Å². The van der Waals surface area contributed by atoms with Gasteiger partial charge in [0.15, 0.2) is 0 Å². The molecule has 0 amide bonds. The lowest BCUT2D eigenvalue weighted by Crippen LogP contribution is -2.40. The number of aromatic nitrogens is 2. The lowest BCUT2D eigenvalue weighted by molar-refractivity contribution is 0.0592. The van der Waals surface area contributed by atoms with Crippen molar-refractivity contribution in [3.8, 4) is 5.75 Å². The largest absolute Gasteiger partial charge is 0.491 e. The molecular formula is C18H25N3O2. The molecule has 0 spiro atoms. The normalized spacial score (nSPS) is 18.0. The predicted molar refractivity (Wildman–Crippen MR) is 89.7 cm³/mol. The molecule has 2 N–H and O–H groups in total. The van der Waals surface area contributed by atoms with E-state index in [2.05, 4.69) is 21.2 Å². The molecule has 1 atom stereocenters. The van der Waals surface area contributed by atoms with Gasteiger partial charge in [-0.2, -0.15) is 5.10 Å². The number of aliphatic hydroxyl groups excluding tert-OH is 1. The summed E-state index contributed by atoms with van der Waals surface area (Å²) in [5, 5.41) is 17.3. The number of piperidine rings is 1. The molecule has 5 nitrogen and oxygen atoms in total. The van der Waals surface area contributed by atoms with Crippen molar-refractivity contribution in [3.05, 3.63) is 47.8 Å². The van der Waals surface area contributed by atoms with Crippen LogP contribution < -0.4 is 4.74 Å². The number of benzene rings is 1. The van der Waals surface area contributed by atoms with Crippen molar-refractivity contribution < 1.29 is 9.84 Å². The van der Waals surface area contributed by atoms with Gasteiger partial charge in [0.25, 0.3) is 0 Å². The quantitative estimate of drug-likeness (QED) is 0.859. The van der Waals surface area contributed by atoms with Crippen molar-refractivity contribution in [2.45, 2.75) is 31.8 Å². The van der Waals surface area contributed by atoms with Crippen LogP contribution >= 0.6 is 0 Å². The first-order valence-corrected chi connectivity index (χ1v) is 8.30. The van der Waals surface area contributed by atoms with E-state index >= 15 is 0 Å². The van der Waals surface area contributed by atoms with Crippen LogP contribution in [0.2, 0.25) is 0 Å². The Hall–Kier alpha value is -1.85. The fourth-order valence-corrected chi connectivity index (χ4v) is 3.17. The smallest absolute Gasteiger partial charge is 0.119 e. The van der Waals surface area contributed by atoms with E-state index in [0.29, 0.717) is 19.1 Å². The van der Waals surface area contributed by atoms with Gasteiger partial charge in [-0.1, -0.05) is 12.1 Å². The fourth-order valence-electron chi connectivity index (χ4n) is 3.17. The number of likely N-dealkylation sites (tertiary alicyclic amines) is 1. The predicted octanol–water partition coefficient (Wildman–Crippen LogP) is 2.34. The van der Waals surface area contributed by atoms with Crippen LogP contribution in [0.25, 0.3) is 0 Å². The van der Waals surface area contributed by atoms with E-state index in [4.69, 9.17) is 4.74 Å². The minimum atomic E-state index is -0.459. The second-order valence-corrected chi connectivity index (χ2v) is 6.37. The maximum absolute atomic E-state index is 10.2. The van der Waals surface area contributed by atoms with Crippen LogP contribution in [-0.2, 0) is 0 Å². The highest BCUT2D eigenvalue weighted by molar-refractivity contribution is 5.27. The van der Waals surface area contributed by atoms with Gasteiger partial charge in [0.1, 0.15) is 18.5 Å². The van der Waals surface area contributed by atoms with Crippen LogP contribution in [-0.4, -0.2) is 52.5 Å². The van der Waals surface area contributed by atoms with Gasteiger partial charge in [-0.05, 0) is 56.6 Å². The molecule has 1 aliphatic rings. The molecule has 2 heterocycles. The van der Waals surface area contributed by atoms with Crippen LogP contribution in [0.1, 0.15) is 30.0 Å². The molecule has 3 rings (SSSR count). The number of β-amino-alcohol motifs (C(OH)–C–C–N with tert-alkyl or cyclic N) is 1. The van der Waals surface area contributed by atoms with Crippen LogP contribution in [0.3, 0.4) is 0 Å². The van der Waals surface area contributed by atoms with Gasteiger partial charge in [-0.25, -0.2) is 0 Å². The first-order valence-electron chi connectivity index (χ1n) is 8.30. The molecule has 1 aliphatic heterocycles. The Morgan fingerprint density at radius 1 is 1.35 bits per heavy atom. The summed E-state index contributed by atoms with van der Waals surface area (Å²) in [5.74, 6) is 1.39. The lowest BCUT2D eigenvalue weighted by atomic mass is 9.93. The minimum absolute atomic E-state index is 0.337. The number of ether oxygens (including phenoxy) is 1. The molecule has 0 radical (unpaired) electrons. The first kappa shape index (κ1) is 16.0. The van der Waals surface area contributed by atoms with E-state index in [-0.39, 0.29) is 0 Å². The van der Waals surface area contributed by atoms with Crippen molar-refractivity contribution in [2.75, 3.05) is 26.2 Å². The Balaban J connectivity index is 1.40. The second-order valence-electron chi connectivity index (χ2n) is 6.37. The van der Waals surface area contributed by atoms with Crippen LogP contribution in [0, 0.1) is 6.92 Å². The number of aliphatic hydroxyl groups is 1. The maximum atomic E-state index is 10.2. The Bertz CT molecular complexity index is 592. The molecule has 2 aromatic rings. The number of rotatable bonds is 6. The summed E-state index contributed by atoms with van der Waals surface area (Å²) in [6.07, 6.45) is 3.56. The molecule has 5 heteroatoms. The molecule has 0 bridgehead atoms. The zero-order chi connectivity index (χ0) is 16.1. The Morgan fingerprint density at radius 2 is 2.17 bits per heavy atom. The third-order valence-corrected chi connectivity index (χ3v) is 4.45. The topological polar surface area (TPSA) is 61.4 Å². The van der Waals surface area contributed by atoms with E-state index < -0.39 is 6.10 Å². The van der Waals surface area contributed by atoms with Gasteiger partial charge in [0.05, 0.1) is 0 Å². The SMILES string of the molecule is Cc1cccc(OC[C@H](O)CN2CCC(c3ccn[nH]3)CC2)c1. The van der Waals surface area contributed by atoms with Gasteiger partial charge in [-0.3, -0.25) is 5.10 Å². The molecule has 124 valence electrons. The van der Waals surface area contributed by atoms with E-state index in [1.807, 2.05) is 37.4 Å². The Morgan fingerprint density at radius 3 is 2.87 bits per heavy atom. The number of hydrogen-bond acceptors (Lipinski definition) is 4. The van der Waals surface area contributed by atoms with Gasteiger partial charge in [0, 0.05) is 24.4 Å². The average molecular weight is 315 g/mol. The highest BCUT2D eigenvalue weighted by atomic mass is 16.5. The Kier molecular flexibility index (Phi) is 5.31. The summed E-state index contributed by atoms with van der Waals surface area (Å²) in [7, 11) is 0. The zero-order valence-corrected chi connectivity index (χ0v) is 13.6. The summed E-state index contributed by atoms with van der Waals surface area (Å²) in [6.45, 7) is 5.05. The third-order valence-electron chi connectivity index (χ3n) is 4.45. The zero-order valence-electron chi connectivity index (χ0n) is 13.6. The standard InChI is InChI=1S/C18H25N3O2/c1-14-3-2-4-17(11-14)23-13-16(22)12-21-9-6-15(7-10-21)18-5-8-19-20-18/h2-5,8,11,15-16,22H,6-7,9-10,12-13H2,1H3,(H,19,20)/t16-/m1/s1. The summed E-state index contributed by atoms with van der Waals surface area (Å²) in [6, 6.07) is 9.98. The minimum Gasteiger partial charge on any atom is -0.491 e.